The van der Waals surface area contributed by atoms with Crippen molar-refractivity contribution >= 4 is 40.0 Å². The first-order valence-electron chi connectivity index (χ1n) is 8.88. The van der Waals surface area contributed by atoms with Crippen LogP contribution >= 0.6 is 23.3 Å². The predicted molar refractivity (Wildman–Crippen MR) is 118 cm³/mol. The van der Waals surface area contributed by atoms with Gasteiger partial charge < -0.3 is 10.0 Å². The first kappa shape index (κ1) is 20.7. The summed E-state index contributed by atoms with van der Waals surface area (Å²) in [6.45, 7) is 2.48. The van der Waals surface area contributed by atoms with Gasteiger partial charge in [0, 0.05) is 23.4 Å². The van der Waals surface area contributed by atoms with Crippen LogP contribution in [0.2, 0.25) is 0 Å². The summed E-state index contributed by atoms with van der Waals surface area (Å²) in [5, 5.41) is 19.5. The van der Waals surface area contributed by atoms with Gasteiger partial charge in [0.15, 0.2) is 5.13 Å². The number of anilines is 2. The molecule has 0 fully saturated rings. The second kappa shape index (κ2) is 9.45. The highest BCUT2D eigenvalue weighted by Gasteiger charge is 2.20. The van der Waals surface area contributed by atoms with E-state index in [0.29, 0.717) is 29.4 Å². The Kier molecular flexibility index (Phi) is 6.75. The van der Waals surface area contributed by atoms with Crippen LogP contribution < -0.4 is 9.62 Å². The third-order valence-electron chi connectivity index (χ3n) is 4.27. The van der Waals surface area contributed by atoms with Crippen molar-refractivity contribution in [3.8, 4) is 11.8 Å². The number of hydrogen-bond donors (Lipinski definition) is 2. The fraction of sp³-hybridized carbons (Fsp3) is 0.190. The Morgan fingerprint density at radius 2 is 2.07 bits per heavy atom. The van der Waals surface area contributed by atoms with Crippen LogP contribution in [0.4, 0.5) is 10.8 Å². The largest absolute Gasteiger partial charge is 0.508 e. The van der Waals surface area contributed by atoms with Crippen LogP contribution in [0.15, 0.2) is 48.5 Å². The Bertz CT molecular complexity index is 1040. The van der Waals surface area contributed by atoms with Gasteiger partial charge in [0.1, 0.15) is 11.4 Å². The first-order valence-corrected chi connectivity index (χ1v) is 10.9. The molecule has 0 radical (unpaired) electrons. The summed E-state index contributed by atoms with van der Waals surface area (Å²) >= 11 is 2.69. The predicted octanol–water partition coefficient (Wildman–Crippen LogP) is 4.42. The van der Waals surface area contributed by atoms with Gasteiger partial charge in [-0.3, -0.25) is 9.52 Å². The molecule has 148 valence electrons. The zero-order valence-electron chi connectivity index (χ0n) is 16.0. The van der Waals surface area contributed by atoms with E-state index in [2.05, 4.69) is 15.8 Å². The van der Waals surface area contributed by atoms with E-state index >= 15 is 0 Å². The maximum atomic E-state index is 12.3. The first-order chi connectivity index (χ1) is 14.0. The summed E-state index contributed by atoms with van der Waals surface area (Å²) < 4.78 is 2.71. The Morgan fingerprint density at radius 1 is 1.31 bits per heavy atom. The van der Waals surface area contributed by atoms with E-state index in [-0.39, 0.29) is 11.7 Å². The lowest BCUT2D eigenvalue weighted by atomic mass is 10.1. The maximum Gasteiger partial charge on any atom is 0.280 e. The lowest BCUT2D eigenvalue weighted by Gasteiger charge is -2.22. The highest BCUT2D eigenvalue weighted by molar-refractivity contribution is 7.97. The van der Waals surface area contributed by atoms with Gasteiger partial charge in [0.05, 0.1) is 11.6 Å². The molecule has 0 unspecified atom stereocenters. The number of phenolic OH excluding ortho intramolecular Hbond substituents is 1. The monoisotopic (exact) mass is 424 g/mol. The molecule has 1 aromatic heterocycles. The molecule has 0 aliphatic carbocycles. The number of thiazole rings is 1. The number of amides is 1. The van der Waals surface area contributed by atoms with Crippen molar-refractivity contribution in [1.29, 1.82) is 5.26 Å². The van der Waals surface area contributed by atoms with Crippen molar-refractivity contribution in [3.05, 3.63) is 70.2 Å². The van der Waals surface area contributed by atoms with Crippen LogP contribution in [-0.2, 0) is 6.42 Å². The Morgan fingerprint density at radius 3 is 2.72 bits per heavy atom. The number of carbonyl (C=O) groups excluding carboxylic acids is 1. The summed E-state index contributed by atoms with van der Waals surface area (Å²) in [6, 6.07) is 16.6. The number of rotatable bonds is 7. The summed E-state index contributed by atoms with van der Waals surface area (Å²) in [5.74, 6) is 0.0128. The molecule has 29 heavy (non-hydrogen) atoms. The normalized spacial score (nSPS) is 10.4. The Balaban J connectivity index is 1.93. The van der Waals surface area contributed by atoms with Gasteiger partial charge in [-0.2, -0.15) is 5.26 Å². The molecule has 0 aliphatic rings. The van der Waals surface area contributed by atoms with Crippen molar-refractivity contribution in [3.63, 3.8) is 0 Å². The molecule has 3 aromatic rings. The van der Waals surface area contributed by atoms with E-state index in [9.17, 15) is 9.90 Å². The molecular weight excluding hydrogens is 404 g/mol. The summed E-state index contributed by atoms with van der Waals surface area (Å²) in [6.07, 6.45) is 2.47. The molecule has 0 atom stereocenters. The average molecular weight is 425 g/mol. The minimum Gasteiger partial charge on any atom is -0.508 e. The quantitative estimate of drug-likeness (QED) is 0.546. The van der Waals surface area contributed by atoms with Crippen molar-refractivity contribution in [2.75, 3.05) is 17.7 Å². The number of nitrogens with one attached hydrogen (secondary N) is 1. The number of hydrogen-bond acceptors (Lipinski definition) is 7. The molecule has 0 spiro atoms. The molecule has 2 N–H and O–H groups in total. The third-order valence-corrected chi connectivity index (χ3v) is 5.65. The standard InChI is InChI=1S/C21H20N4O2S2/c1-14-19(20(27)24-28-2)23-21(29-14)25(17-8-6-16(13-22)7-9-17)11-10-15-4-3-5-18(26)12-15/h3-9,12,26H,10-11H2,1-2H3,(H,24,27). The van der Waals surface area contributed by atoms with Crippen LogP contribution in [0, 0.1) is 18.3 Å². The van der Waals surface area contributed by atoms with Gasteiger partial charge in [0.25, 0.3) is 5.91 Å². The van der Waals surface area contributed by atoms with Gasteiger partial charge in [-0.1, -0.05) is 24.1 Å². The number of carbonyl (C=O) groups is 1. The number of nitriles is 1. The van der Waals surface area contributed by atoms with Crippen LogP contribution in [0.3, 0.4) is 0 Å². The smallest absolute Gasteiger partial charge is 0.280 e. The molecule has 1 heterocycles. The van der Waals surface area contributed by atoms with Crippen molar-refractivity contribution in [2.45, 2.75) is 13.3 Å². The zero-order chi connectivity index (χ0) is 20.8. The molecule has 6 nitrogen and oxygen atoms in total. The van der Waals surface area contributed by atoms with Crippen molar-refractivity contribution in [2.24, 2.45) is 0 Å². The van der Waals surface area contributed by atoms with E-state index in [1.807, 2.05) is 36.1 Å². The number of aryl methyl sites for hydroxylation is 1. The maximum absolute atomic E-state index is 12.3. The molecule has 0 bridgehead atoms. The fourth-order valence-electron chi connectivity index (χ4n) is 2.85. The second-order valence-electron chi connectivity index (χ2n) is 6.27. The molecule has 0 saturated carbocycles. The molecular formula is C21H20N4O2S2. The van der Waals surface area contributed by atoms with E-state index < -0.39 is 0 Å². The van der Waals surface area contributed by atoms with Crippen LogP contribution in [0.25, 0.3) is 0 Å². The Labute approximate surface area is 178 Å². The molecule has 2 aromatic carbocycles. The number of phenols is 1. The molecule has 0 saturated heterocycles. The van der Waals surface area contributed by atoms with Gasteiger partial charge in [-0.05, 0) is 55.3 Å². The van der Waals surface area contributed by atoms with Crippen LogP contribution in [0.5, 0.6) is 5.75 Å². The minimum atomic E-state index is -0.217. The summed E-state index contributed by atoms with van der Waals surface area (Å²) in [4.78, 5) is 19.7. The van der Waals surface area contributed by atoms with Crippen LogP contribution in [0.1, 0.15) is 26.5 Å². The zero-order valence-corrected chi connectivity index (χ0v) is 17.7. The number of aromatic nitrogens is 1. The lowest BCUT2D eigenvalue weighted by Crippen LogP contribution is -2.21. The number of nitrogens with zero attached hydrogens (tertiary/aromatic N) is 3. The van der Waals surface area contributed by atoms with Gasteiger partial charge in [-0.25, -0.2) is 4.98 Å². The van der Waals surface area contributed by atoms with E-state index in [0.717, 1.165) is 16.1 Å². The van der Waals surface area contributed by atoms with E-state index in [4.69, 9.17) is 5.26 Å². The minimum absolute atomic E-state index is 0.217. The van der Waals surface area contributed by atoms with Crippen molar-refractivity contribution in [1.82, 2.24) is 9.71 Å². The molecule has 0 aliphatic heterocycles. The number of benzene rings is 2. The molecule has 1 amide bonds. The SMILES string of the molecule is CSNC(=O)c1nc(N(CCc2cccc(O)c2)c2ccc(C#N)cc2)sc1C. The van der Waals surface area contributed by atoms with Gasteiger partial charge >= 0.3 is 0 Å². The van der Waals surface area contributed by atoms with E-state index in [1.165, 1.54) is 23.3 Å². The lowest BCUT2D eigenvalue weighted by molar-refractivity contribution is 0.0980. The van der Waals surface area contributed by atoms with E-state index in [1.54, 1.807) is 30.5 Å². The molecule has 3 rings (SSSR count). The summed E-state index contributed by atoms with van der Waals surface area (Å²) in [7, 11) is 0. The summed E-state index contributed by atoms with van der Waals surface area (Å²) in [5.41, 5.74) is 2.87. The third kappa shape index (κ3) is 5.08. The average Bonchev–Trinajstić information content (AvgIpc) is 3.10. The molecule has 8 heteroatoms. The Hall–Kier alpha value is -3.02. The van der Waals surface area contributed by atoms with Gasteiger partial charge in [-0.15, -0.1) is 11.3 Å². The van der Waals surface area contributed by atoms with Crippen molar-refractivity contribution < 1.29 is 9.90 Å². The highest BCUT2D eigenvalue weighted by atomic mass is 32.2. The van der Waals surface area contributed by atoms with Crippen LogP contribution in [-0.4, -0.2) is 28.8 Å². The second-order valence-corrected chi connectivity index (χ2v) is 8.06. The highest BCUT2D eigenvalue weighted by Crippen LogP contribution is 2.32. The van der Waals surface area contributed by atoms with Gasteiger partial charge in [0.2, 0.25) is 0 Å². The fourth-order valence-corrected chi connectivity index (χ4v) is 4.09. The topological polar surface area (TPSA) is 89.2 Å². The number of aromatic hydroxyl groups is 1.